The summed E-state index contributed by atoms with van der Waals surface area (Å²) >= 11 is 0. The van der Waals surface area contributed by atoms with Gasteiger partial charge in [0.1, 0.15) is 11.5 Å². The van der Waals surface area contributed by atoms with Crippen LogP contribution in [0.5, 0.6) is 0 Å². The smallest absolute Gasteiger partial charge is 0.145 e. The number of nitrogens with one attached hydrogen (secondary N) is 1. The molecule has 0 aliphatic rings. The van der Waals surface area contributed by atoms with Crippen LogP contribution in [0.25, 0.3) is 5.65 Å². The lowest BCUT2D eigenvalue weighted by molar-refractivity contribution is 1.17. The normalized spacial score (nSPS) is 10.4. The van der Waals surface area contributed by atoms with Gasteiger partial charge in [-0.15, -0.1) is 0 Å². The van der Waals surface area contributed by atoms with Gasteiger partial charge in [0.2, 0.25) is 0 Å². The first-order valence-electron chi connectivity index (χ1n) is 4.08. The predicted octanol–water partition coefficient (Wildman–Crippen LogP) is 1.77. The second-order valence-electron chi connectivity index (χ2n) is 2.62. The Kier molecular flexibility index (Phi) is 1.70. The van der Waals surface area contributed by atoms with Crippen molar-refractivity contribution in [2.45, 2.75) is 6.92 Å². The third-order valence-electron chi connectivity index (χ3n) is 1.72. The lowest BCUT2D eigenvalue weighted by Crippen LogP contribution is -1.95. The first kappa shape index (κ1) is 7.16. The third-order valence-corrected chi connectivity index (χ3v) is 1.72. The molecule has 0 unspecified atom stereocenters. The number of hydrogen-bond acceptors (Lipinski definition) is 2. The van der Waals surface area contributed by atoms with E-state index in [0.29, 0.717) is 0 Å². The van der Waals surface area contributed by atoms with Gasteiger partial charge in [-0.05, 0) is 19.1 Å². The van der Waals surface area contributed by atoms with Crippen LogP contribution in [0.15, 0.2) is 30.6 Å². The SMILES string of the molecule is CCNc1cn2ccccc2n1. The average molecular weight is 161 g/mol. The van der Waals surface area contributed by atoms with Gasteiger partial charge in [-0.25, -0.2) is 4.98 Å². The van der Waals surface area contributed by atoms with E-state index in [1.165, 1.54) is 0 Å². The van der Waals surface area contributed by atoms with E-state index < -0.39 is 0 Å². The molecule has 0 amide bonds. The minimum Gasteiger partial charge on any atom is -0.369 e. The van der Waals surface area contributed by atoms with Crippen molar-refractivity contribution < 1.29 is 0 Å². The van der Waals surface area contributed by atoms with Gasteiger partial charge >= 0.3 is 0 Å². The van der Waals surface area contributed by atoms with E-state index >= 15 is 0 Å². The van der Waals surface area contributed by atoms with E-state index in [4.69, 9.17) is 0 Å². The van der Waals surface area contributed by atoms with Gasteiger partial charge in [-0.1, -0.05) is 6.07 Å². The Morgan fingerprint density at radius 3 is 3.17 bits per heavy atom. The van der Waals surface area contributed by atoms with Gasteiger partial charge in [0, 0.05) is 12.7 Å². The maximum Gasteiger partial charge on any atom is 0.145 e. The summed E-state index contributed by atoms with van der Waals surface area (Å²) in [5, 5.41) is 3.16. The Labute approximate surface area is 71.0 Å². The molecular formula is C9H11N3. The molecule has 12 heavy (non-hydrogen) atoms. The van der Waals surface area contributed by atoms with Crippen molar-refractivity contribution >= 4 is 11.5 Å². The molecule has 2 aromatic heterocycles. The zero-order valence-electron chi connectivity index (χ0n) is 6.99. The van der Waals surface area contributed by atoms with Crippen molar-refractivity contribution in [2.75, 3.05) is 11.9 Å². The molecule has 0 aliphatic carbocycles. The van der Waals surface area contributed by atoms with Gasteiger partial charge < -0.3 is 9.72 Å². The summed E-state index contributed by atoms with van der Waals surface area (Å²) in [5.74, 6) is 0.934. The van der Waals surface area contributed by atoms with Crippen LogP contribution < -0.4 is 5.32 Å². The van der Waals surface area contributed by atoms with Crippen LogP contribution in [0, 0.1) is 0 Å². The van der Waals surface area contributed by atoms with Crippen molar-refractivity contribution in [3.05, 3.63) is 30.6 Å². The average Bonchev–Trinajstić information content (AvgIpc) is 2.47. The zero-order valence-corrected chi connectivity index (χ0v) is 6.99. The Bertz CT molecular complexity index is 345. The van der Waals surface area contributed by atoms with Gasteiger partial charge in [0.25, 0.3) is 0 Å². The van der Waals surface area contributed by atoms with E-state index in [1.54, 1.807) is 0 Å². The summed E-state index contributed by atoms with van der Waals surface area (Å²) < 4.78 is 2.00. The van der Waals surface area contributed by atoms with Crippen LogP contribution in [0.2, 0.25) is 0 Å². The highest BCUT2D eigenvalue weighted by molar-refractivity contribution is 5.48. The molecule has 62 valence electrons. The molecule has 0 aromatic carbocycles. The third kappa shape index (κ3) is 1.13. The van der Waals surface area contributed by atoms with Crippen molar-refractivity contribution in [3.63, 3.8) is 0 Å². The summed E-state index contributed by atoms with van der Waals surface area (Å²) in [5.41, 5.74) is 0.980. The van der Waals surface area contributed by atoms with Gasteiger partial charge in [-0.3, -0.25) is 0 Å². The van der Waals surface area contributed by atoms with Crippen LogP contribution in [-0.4, -0.2) is 15.9 Å². The first-order chi connectivity index (χ1) is 5.90. The molecule has 0 radical (unpaired) electrons. The number of anilines is 1. The monoisotopic (exact) mass is 161 g/mol. The lowest BCUT2D eigenvalue weighted by atomic mass is 10.5. The standard InChI is InChI=1S/C9H11N3/c1-2-10-8-7-12-6-4-3-5-9(12)11-8/h3-7,10H,2H2,1H3. The molecule has 1 N–H and O–H groups in total. The van der Waals surface area contributed by atoms with Crippen LogP contribution in [-0.2, 0) is 0 Å². The highest BCUT2D eigenvalue weighted by Crippen LogP contribution is 2.07. The van der Waals surface area contributed by atoms with Gasteiger partial charge in [0.15, 0.2) is 0 Å². The number of hydrogen-bond donors (Lipinski definition) is 1. The number of nitrogens with zero attached hydrogens (tertiary/aromatic N) is 2. The first-order valence-corrected chi connectivity index (χ1v) is 4.08. The zero-order chi connectivity index (χ0) is 8.39. The molecule has 0 atom stereocenters. The number of aromatic nitrogens is 2. The fourth-order valence-electron chi connectivity index (χ4n) is 1.20. The Hall–Kier alpha value is -1.51. The Balaban J connectivity index is 2.47. The van der Waals surface area contributed by atoms with E-state index in [-0.39, 0.29) is 0 Å². The summed E-state index contributed by atoms with van der Waals surface area (Å²) in [7, 11) is 0. The second kappa shape index (κ2) is 2.85. The fraction of sp³-hybridized carbons (Fsp3) is 0.222. The second-order valence-corrected chi connectivity index (χ2v) is 2.62. The van der Waals surface area contributed by atoms with Crippen LogP contribution in [0.4, 0.5) is 5.82 Å². The molecule has 3 heteroatoms. The molecule has 0 fully saturated rings. The molecule has 2 aromatic rings. The van der Waals surface area contributed by atoms with E-state index in [1.807, 2.05) is 35.0 Å². The van der Waals surface area contributed by atoms with Gasteiger partial charge in [0.05, 0.1) is 6.20 Å². The molecule has 0 saturated heterocycles. The van der Waals surface area contributed by atoms with E-state index in [0.717, 1.165) is 18.0 Å². The fourth-order valence-corrected chi connectivity index (χ4v) is 1.20. The van der Waals surface area contributed by atoms with Crippen LogP contribution >= 0.6 is 0 Å². The summed E-state index contributed by atoms with van der Waals surface area (Å²) in [6, 6.07) is 5.96. The van der Waals surface area contributed by atoms with E-state index in [2.05, 4.69) is 17.2 Å². The molecule has 3 nitrogen and oxygen atoms in total. The van der Waals surface area contributed by atoms with Crippen molar-refractivity contribution in [1.29, 1.82) is 0 Å². The molecular weight excluding hydrogens is 150 g/mol. The van der Waals surface area contributed by atoms with Crippen molar-refractivity contribution in [2.24, 2.45) is 0 Å². The van der Waals surface area contributed by atoms with Gasteiger partial charge in [-0.2, -0.15) is 0 Å². The predicted molar refractivity (Wildman–Crippen MR) is 49.4 cm³/mol. The quantitative estimate of drug-likeness (QED) is 0.727. The largest absolute Gasteiger partial charge is 0.369 e. The molecule has 0 aliphatic heterocycles. The highest BCUT2D eigenvalue weighted by atomic mass is 15.1. The molecule has 0 bridgehead atoms. The van der Waals surface area contributed by atoms with Crippen molar-refractivity contribution in [1.82, 2.24) is 9.38 Å². The Morgan fingerprint density at radius 2 is 2.42 bits per heavy atom. The van der Waals surface area contributed by atoms with Crippen LogP contribution in [0.1, 0.15) is 6.92 Å². The summed E-state index contributed by atoms with van der Waals surface area (Å²) in [6.45, 7) is 2.97. The number of fused-ring (bicyclic) bond motifs is 1. The highest BCUT2D eigenvalue weighted by Gasteiger charge is 1.96. The summed E-state index contributed by atoms with van der Waals surface area (Å²) in [6.07, 6.45) is 3.97. The van der Waals surface area contributed by atoms with Crippen LogP contribution in [0.3, 0.4) is 0 Å². The molecule has 2 heterocycles. The number of imidazole rings is 1. The van der Waals surface area contributed by atoms with Crippen molar-refractivity contribution in [3.8, 4) is 0 Å². The molecule has 0 spiro atoms. The topological polar surface area (TPSA) is 29.3 Å². The number of rotatable bonds is 2. The minimum absolute atomic E-state index is 0.907. The summed E-state index contributed by atoms with van der Waals surface area (Å²) in [4.78, 5) is 4.35. The molecule has 0 saturated carbocycles. The maximum absolute atomic E-state index is 4.35. The lowest BCUT2D eigenvalue weighted by Gasteiger charge is -1.92. The Morgan fingerprint density at radius 1 is 1.50 bits per heavy atom. The maximum atomic E-state index is 4.35. The molecule has 2 rings (SSSR count). The minimum atomic E-state index is 0.907. The number of pyridine rings is 1. The van der Waals surface area contributed by atoms with E-state index in [9.17, 15) is 0 Å².